The van der Waals surface area contributed by atoms with Gasteiger partial charge < -0.3 is 23.9 Å². The van der Waals surface area contributed by atoms with Gasteiger partial charge in [-0.05, 0) is 78.1 Å². The molecule has 3 aromatic carbocycles. The summed E-state index contributed by atoms with van der Waals surface area (Å²) in [6.07, 6.45) is 1.44. The van der Waals surface area contributed by atoms with Crippen LogP contribution in [0.4, 0.5) is 0 Å². The molecule has 2 amide bonds. The minimum atomic E-state index is -4.22. The predicted octanol–water partition coefficient (Wildman–Crippen LogP) is 5.64. The highest BCUT2D eigenvalue weighted by molar-refractivity contribution is 7.90. The van der Waals surface area contributed by atoms with Gasteiger partial charge >= 0.3 is 0 Å². The van der Waals surface area contributed by atoms with Gasteiger partial charge in [-0.25, -0.2) is 13.1 Å². The number of fused-ring (bicyclic) bond motifs is 1. The Labute approximate surface area is 256 Å². The normalized spacial score (nSPS) is 13.0. The van der Waals surface area contributed by atoms with Crippen LogP contribution < -0.4 is 24.2 Å². The molecule has 2 N–H and O–H groups in total. The number of rotatable bonds is 12. The Balaban J connectivity index is 1.43. The highest BCUT2D eigenvalue weighted by Crippen LogP contribution is 2.36. The maximum atomic E-state index is 13.7. The van der Waals surface area contributed by atoms with E-state index in [9.17, 15) is 18.0 Å². The van der Waals surface area contributed by atoms with Crippen molar-refractivity contribution in [3.8, 4) is 17.2 Å². The number of carbonyl (C=O) groups excluding carboxylic acids is 2. The molecule has 0 bridgehead atoms. The highest BCUT2D eigenvalue weighted by Gasteiger charge is 2.30. The minimum absolute atomic E-state index is 0.0291. The summed E-state index contributed by atoms with van der Waals surface area (Å²) in [7, 11) is -4.22. The number of hydrogen-bond acceptors (Lipinski definition) is 8. The van der Waals surface area contributed by atoms with Crippen molar-refractivity contribution in [2.75, 3.05) is 6.79 Å². The molecule has 10 nitrogen and oxygen atoms in total. The first kappa shape index (κ1) is 30.7. The molecule has 0 aliphatic carbocycles. The van der Waals surface area contributed by atoms with E-state index < -0.39 is 22.0 Å². The van der Waals surface area contributed by atoms with Crippen LogP contribution in [0, 0.1) is 0 Å². The van der Waals surface area contributed by atoms with Gasteiger partial charge in [0, 0.05) is 11.1 Å². The van der Waals surface area contributed by atoms with E-state index in [1.165, 1.54) is 18.4 Å². The van der Waals surface area contributed by atoms with Gasteiger partial charge in [-0.2, -0.15) is 0 Å². The van der Waals surface area contributed by atoms with Crippen molar-refractivity contribution in [3.63, 3.8) is 0 Å². The number of nitrogens with one attached hydrogen (secondary N) is 2. The van der Waals surface area contributed by atoms with Crippen molar-refractivity contribution >= 4 is 21.8 Å². The van der Waals surface area contributed by atoms with Gasteiger partial charge in [0.1, 0.15) is 11.5 Å². The lowest BCUT2D eigenvalue weighted by Crippen LogP contribution is -2.37. The first-order valence-corrected chi connectivity index (χ1v) is 15.8. The summed E-state index contributed by atoms with van der Waals surface area (Å²) < 4.78 is 51.1. The molecule has 0 saturated heterocycles. The SMILES string of the molecule is CCCc1cc(C(=O)NCc2ccco2)ccc1OC(C(=O)NS(=O)(=O)c1ccc(C(C)C)cc1)c1ccc2c(c1)OCO2. The van der Waals surface area contributed by atoms with Crippen molar-refractivity contribution in [2.24, 2.45) is 0 Å². The molecular weight excluding hydrogens is 584 g/mol. The molecule has 0 radical (unpaired) electrons. The average Bonchev–Trinajstić information content (AvgIpc) is 3.71. The standard InChI is InChI=1S/C33H34N2O8S/c1-4-6-23-17-25(32(36)34-19-26-7-5-16-40-26)11-14-28(23)43-31(24-10-15-29-30(18-24)42-20-41-29)33(37)35-44(38,39)27-12-8-22(9-13-27)21(2)3/h5,7-18,21,31H,4,6,19-20H2,1-3H3,(H,34,36)(H,35,37). The third-order valence-electron chi connectivity index (χ3n) is 7.12. The number of hydrogen-bond donors (Lipinski definition) is 2. The molecule has 2 heterocycles. The van der Waals surface area contributed by atoms with E-state index in [2.05, 4.69) is 10.0 Å². The lowest BCUT2D eigenvalue weighted by molar-refractivity contribution is -0.126. The second-order valence-electron chi connectivity index (χ2n) is 10.6. The molecule has 11 heteroatoms. The molecule has 1 unspecified atom stereocenters. The van der Waals surface area contributed by atoms with E-state index in [-0.39, 0.29) is 30.1 Å². The Morgan fingerprint density at radius 3 is 2.39 bits per heavy atom. The largest absolute Gasteiger partial charge is 0.475 e. The summed E-state index contributed by atoms with van der Waals surface area (Å²) in [5.74, 6) is 0.901. The zero-order chi connectivity index (χ0) is 31.3. The van der Waals surface area contributed by atoms with Crippen LogP contribution in [0.25, 0.3) is 0 Å². The average molecular weight is 619 g/mol. The summed E-state index contributed by atoms with van der Waals surface area (Å²) in [5, 5.41) is 2.82. The fourth-order valence-electron chi connectivity index (χ4n) is 4.74. The predicted molar refractivity (Wildman–Crippen MR) is 162 cm³/mol. The Hall–Kier alpha value is -4.77. The van der Waals surface area contributed by atoms with Gasteiger partial charge in [0.25, 0.3) is 21.8 Å². The summed E-state index contributed by atoms with van der Waals surface area (Å²) in [4.78, 5) is 26.5. The summed E-state index contributed by atoms with van der Waals surface area (Å²) in [5.41, 5.74) is 2.42. The van der Waals surface area contributed by atoms with Crippen LogP contribution in [0.1, 0.15) is 72.0 Å². The molecular formula is C33H34N2O8S. The Morgan fingerprint density at radius 2 is 1.68 bits per heavy atom. The maximum Gasteiger partial charge on any atom is 0.279 e. The number of aryl methyl sites for hydroxylation is 1. The van der Waals surface area contributed by atoms with Crippen molar-refractivity contribution in [1.29, 1.82) is 0 Å². The van der Waals surface area contributed by atoms with E-state index in [0.29, 0.717) is 46.1 Å². The van der Waals surface area contributed by atoms with Crippen LogP contribution in [0.2, 0.25) is 0 Å². The Kier molecular flexibility index (Phi) is 9.24. The molecule has 5 rings (SSSR count). The topological polar surface area (TPSA) is 133 Å². The molecule has 1 aromatic heterocycles. The van der Waals surface area contributed by atoms with Gasteiger partial charge in [-0.15, -0.1) is 0 Å². The van der Waals surface area contributed by atoms with Crippen molar-refractivity contribution in [3.05, 3.63) is 107 Å². The molecule has 0 fully saturated rings. The quantitative estimate of drug-likeness (QED) is 0.209. The molecule has 0 spiro atoms. The van der Waals surface area contributed by atoms with Crippen LogP contribution >= 0.6 is 0 Å². The van der Waals surface area contributed by atoms with E-state index in [1.807, 2.05) is 20.8 Å². The molecule has 230 valence electrons. The number of furan rings is 1. The van der Waals surface area contributed by atoms with Crippen LogP contribution in [0.3, 0.4) is 0 Å². The third-order valence-corrected chi connectivity index (χ3v) is 8.48. The van der Waals surface area contributed by atoms with E-state index in [0.717, 1.165) is 12.0 Å². The molecule has 0 saturated carbocycles. The third kappa shape index (κ3) is 7.05. The fourth-order valence-corrected chi connectivity index (χ4v) is 5.72. The lowest BCUT2D eigenvalue weighted by Gasteiger charge is -2.22. The van der Waals surface area contributed by atoms with Crippen LogP contribution in [0.5, 0.6) is 17.2 Å². The molecule has 1 aliphatic heterocycles. The molecule has 1 atom stereocenters. The van der Waals surface area contributed by atoms with Crippen LogP contribution in [0.15, 0.2) is 88.4 Å². The lowest BCUT2D eigenvalue weighted by atomic mass is 10.0. The summed E-state index contributed by atoms with van der Waals surface area (Å²) in [6.45, 7) is 6.25. The Morgan fingerprint density at radius 1 is 0.932 bits per heavy atom. The number of carbonyl (C=O) groups is 2. The first-order valence-electron chi connectivity index (χ1n) is 14.3. The van der Waals surface area contributed by atoms with Crippen LogP contribution in [-0.4, -0.2) is 27.0 Å². The summed E-state index contributed by atoms with van der Waals surface area (Å²) >= 11 is 0. The maximum absolute atomic E-state index is 13.7. The van der Waals surface area contributed by atoms with Crippen molar-refractivity contribution in [2.45, 2.75) is 57.1 Å². The second kappa shape index (κ2) is 13.3. The molecule has 44 heavy (non-hydrogen) atoms. The van der Waals surface area contributed by atoms with Crippen molar-refractivity contribution in [1.82, 2.24) is 10.0 Å². The van der Waals surface area contributed by atoms with Gasteiger partial charge in [0.05, 0.1) is 17.7 Å². The number of sulfonamides is 1. The zero-order valence-corrected chi connectivity index (χ0v) is 25.5. The monoisotopic (exact) mass is 618 g/mol. The van der Waals surface area contributed by atoms with Crippen molar-refractivity contribution < 1.29 is 36.6 Å². The molecule has 4 aromatic rings. The van der Waals surface area contributed by atoms with E-state index >= 15 is 0 Å². The van der Waals surface area contributed by atoms with Crippen LogP contribution in [-0.2, 0) is 27.8 Å². The number of benzene rings is 3. The molecule has 1 aliphatic rings. The zero-order valence-electron chi connectivity index (χ0n) is 24.7. The van der Waals surface area contributed by atoms with Gasteiger partial charge in [0.2, 0.25) is 12.9 Å². The minimum Gasteiger partial charge on any atom is -0.475 e. The second-order valence-corrected chi connectivity index (χ2v) is 12.3. The highest BCUT2D eigenvalue weighted by atomic mass is 32.2. The summed E-state index contributed by atoms with van der Waals surface area (Å²) in [6, 6.07) is 19.6. The number of amides is 2. The van der Waals surface area contributed by atoms with Gasteiger partial charge in [-0.3, -0.25) is 9.59 Å². The van der Waals surface area contributed by atoms with E-state index in [4.69, 9.17) is 18.6 Å². The van der Waals surface area contributed by atoms with Gasteiger partial charge in [-0.1, -0.05) is 45.4 Å². The fraction of sp³-hybridized carbons (Fsp3) is 0.273. The Bertz CT molecular complexity index is 1730. The number of ether oxygens (including phenoxy) is 3. The van der Waals surface area contributed by atoms with Gasteiger partial charge in [0.15, 0.2) is 11.5 Å². The van der Waals surface area contributed by atoms with E-state index in [1.54, 1.807) is 60.7 Å². The smallest absolute Gasteiger partial charge is 0.279 e. The first-order chi connectivity index (χ1) is 21.1.